The fourth-order valence-electron chi connectivity index (χ4n) is 2.37. The molecule has 0 atom stereocenters. The lowest BCUT2D eigenvalue weighted by Crippen LogP contribution is -2.23. The summed E-state index contributed by atoms with van der Waals surface area (Å²) in [6.07, 6.45) is 4.07. The number of carbonyl (C=O) groups excluding carboxylic acids is 1. The van der Waals surface area contributed by atoms with Crippen molar-refractivity contribution in [3.05, 3.63) is 56.5 Å². The maximum atomic E-state index is 12.1. The van der Waals surface area contributed by atoms with E-state index in [-0.39, 0.29) is 5.91 Å². The second kappa shape index (κ2) is 5.19. The SMILES string of the molecule is CC(=O)N1c2ccc(Br)cc2C=Cc2cc(Br)ccc21. The predicted octanol–water partition coefficient (Wildman–Crippen LogP) is 5.38. The van der Waals surface area contributed by atoms with Crippen LogP contribution in [0.1, 0.15) is 18.1 Å². The van der Waals surface area contributed by atoms with Crippen molar-refractivity contribution in [1.82, 2.24) is 0 Å². The van der Waals surface area contributed by atoms with Crippen LogP contribution in [0.25, 0.3) is 12.2 Å². The maximum absolute atomic E-state index is 12.1. The number of hydrogen-bond donors (Lipinski definition) is 0. The normalized spacial score (nSPS) is 12.7. The summed E-state index contributed by atoms with van der Waals surface area (Å²) in [7, 11) is 0. The van der Waals surface area contributed by atoms with Gasteiger partial charge in [0.15, 0.2) is 0 Å². The molecule has 0 radical (unpaired) electrons. The van der Waals surface area contributed by atoms with Gasteiger partial charge in [0.05, 0.1) is 11.4 Å². The van der Waals surface area contributed by atoms with Crippen molar-refractivity contribution in [3.8, 4) is 0 Å². The third-order valence-electron chi connectivity index (χ3n) is 3.22. The second-order valence-electron chi connectivity index (χ2n) is 4.59. The summed E-state index contributed by atoms with van der Waals surface area (Å²) in [5.74, 6) is 0.000782. The predicted molar refractivity (Wildman–Crippen MR) is 90.0 cm³/mol. The average molecular weight is 393 g/mol. The van der Waals surface area contributed by atoms with Gasteiger partial charge in [0.25, 0.3) is 0 Å². The lowest BCUT2D eigenvalue weighted by molar-refractivity contribution is -0.115. The number of halogens is 2. The second-order valence-corrected chi connectivity index (χ2v) is 6.43. The van der Waals surface area contributed by atoms with Gasteiger partial charge < -0.3 is 0 Å². The quantitative estimate of drug-likeness (QED) is 0.589. The topological polar surface area (TPSA) is 20.3 Å². The van der Waals surface area contributed by atoms with E-state index in [4.69, 9.17) is 0 Å². The van der Waals surface area contributed by atoms with Gasteiger partial charge in [-0.25, -0.2) is 0 Å². The van der Waals surface area contributed by atoms with Crippen molar-refractivity contribution in [2.24, 2.45) is 0 Å². The van der Waals surface area contributed by atoms with E-state index in [1.165, 1.54) is 0 Å². The Labute approximate surface area is 134 Å². The van der Waals surface area contributed by atoms with Crippen molar-refractivity contribution in [2.75, 3.05) is 4.90 Å². The summed E-state index contributed by atoms with van der Waals surface area (Å²) < 4.78 is 1.99. The summed E-state index contributed by atoms with van der Waals surface area (Å²) in [6.45, 7) is 1.59. The Kier molecular flexibility index (Phi) is 3.52. The number of amides is 1. The van der Waals surface area contributed by atoms with E-state index in [1.54, 1.807) is 11.8 Å². The van der Waals surface area contributed by atoms with Crippen LogP contribution in [0.4, 0.5) is 11.4 Å². The van der Waals surface area contributed by atoms with Crippen LogP contribution in [0, 0.1) is 0 Å². The van der Waals surface area contributed by atoms with Gasteiger partial charge in [-0.2, -0.15) is 0 Å². The van der Waals surface area contributed by atoms with Crippen molar-refractivity contribution in [1.29, 1.82) is 0 Å². The minimum Gasteiger partial charge on any atom is -0.280 e. The first kappa shape index (κ1) is 13.6. The van der Waals surface area contributed by atoms with Gasteiger partial charge in [-0.05, 0) is 47.5 Å². The summed E-state index contributed by atoms with van der Waals surface area (Å²) >= 11 is 6.95. The zero-order valence-corrected chi connectivity index (χ0v) is 13.9. The molecule has 20 heavy (non-hydrogen) atoms. The Morgan fingerprint density at radius 2 is 1.35 bits per heavy atom. The number of hydrogen-bond acceptors (Lipinski definition) is 1. The van der Waals surface area contributed by atoms with E-state index in [0.717, 1.165) is 31.4 Å². The highest BCUT2D eigenvalue weighted by Gasteiger charge is 2.21. The van der Waals surface area contributed by atoms with Gasteiger partial charge in [0, 0.05) is 15.9 Å². The number of nitrogens with zero attached hydrogens (tertiary/aromatic N) is 1. The first-order valence-electron chi connectivity index (χ1n) is 6.14. The molecule has 0 aliphatic carbocycles. The molecule has 2 aromatic carbocycles. The zero-order chi connectivity index (χ0) is 14.3. The fraction of sp³-hybridized carbons (Fsp3) is 0.0625. The monoisotopic (exact) mass is 391 g/mol. The van der Waals surface area contributed by atoms with E-state index in [0.29, 0.717) is 0 Å². The Balaban J connectivity index is 2.30. The lowest BCUT2D eigenvalue weighted by atomic mass is 10.1. The van der Waals surface area contributed by atoms with Crippen LogP contribution in [0.2, 0.25) is 0 Å². The summed E-state index contributed by atoms with van der Waals surface area (Å²) in [4.78, 5) is 13.9. The van der Waals surface area contributed by atoms with E-state index in [9.17, 15) is 4.79 Å². The summed E-state index contributed by atoms with van der Waals surface area (Å²) in [5, 5.41) is 0. The Morgan fingerprint density at radius 3 is 1.75 bits per heavy atom. The highest BCUT2D eigenvalue weighted by molar-refractivity contribution is 9.10. The van der Waals surface area contributed by atoms with Crippen LogP contribution >= 0.6 is 31.9 Å². The first-order chi connectivity index (χ1) is 9.56. The smallest absolute Gasteiger partial charge is 0.228 e. The number of carbonyl (C=O) groups is 1. The van der Waals surface area contributed by atoms with Gasteiger partial charge in [-0.15, -0.1) is 0 Å². The van der Waals surface area contributed by atoms with Gasteiger partial charge in [-0.3, -0.25) is 9.69 Å². The molecule has 0 spiro atoms. The number of rotatable bonds is 0. The highest BCUT2D eigenvalue weighted by Crippen LogP contribution is 2.38. The molecule has 0 saturated carbocycles. The molecular weight excluding hydrogens is 382 g/mol. The van der Waals surface area contributed by atoms with Crippen LogP contribution < -0.4 is 4.90 Å². The minimum atomic E-state index is 0.000782. The fourth-order valence-corrected chi connectivity index (χ4v) is 3.13. The van der Waals surface area contributed by atoms with Crippen LogP contribution in [0.3, 0.4) is 0 Å². The van der Waals surface area contributed by atoms with E-state index in [2.05, 4.69) is 31.9 Å². The van der Waals surface area contributed by atoms with Crippen LogP contribution in [0.5, 0.6) is 0 Å². The Bertz CT molecular complexity index is 682. The van der Waals surface area contributed by atoms with Crippen molar-refractivity contribution < 1.29 is 4.79 Å². The third-order valence-corrected chi connectivity index (χ3v) is 4.20. The van der Waals surface area contributed by atoms with Crippen molar-refractivity contribution in [2.45, 2.75) is 6.92 Å². The first-order valence-corrected chi connectivity index (χ1v) is 7.73. The molecule has 1 heterocycles. The van der Waals surface area contributed by atoms with Gasteiger partial charge >= 0.3 is 0 Å². The van der Waals surface area contributed by atoms with Gasteiger partial charge in [-0.1, -0.05) is 44.0 Å². The molecular formula is C16H11Br2NO. The summed E-state index contributed by atoms with van der Waals surface area (Å²) in [6, 6.07) is 11.9. The molecule has 1 aliphatic rings. The molecule has 2 aromatic rings. The van der Waals surface area contributed by atoms with E-state index >= 15 is 0 Å². The Morgan fingerprint density at radius 1 is 0.900 bits per heavy atom. The van der Waals surface area contributed by atoms with E-state index < -0.39 is 0 Å². The van der Waals surface area contributed by atoms with Gasteiger partial charge in [0.1, 0.15) is 0 Å². The molecule has 4 heteroatoms. The van der Waals surface area contributed by atoms with E-state index in [1.807, 2.05) is 48.6 Å². The minimum absolute atomic E-state index is 0.000782. The van der Waals surface area contributed by atoms with Gasteiger partial charge in [0.2, 0.25) is 5.91 Å². The molecule has 0 saturated heterocycles. The Hall–Kier alpha value is -1.39. The number of fused-ring (bicyclic) bond motifs is 2. The molecule has 1 aliphatic heterocycles. The van der Waals surface area contributed by atoms with Crippen LogP contribution in [-0.4, -0.2) is 5.91 Å². The lowest BCUT2D eigenvalue weighted by Gasteiger charge is -2.23. The number of benzene rings is 2. The third kappa shape index (κ3) is 2.34. The van der Waals surface area contributed by atoms with Crippen molar-refractivity contribution in [3.63, 3.8) is 0 Å². The summed E-state index contributed by atoms with van der Waals surface area (Å²) in [5.41, 5.74) is 3.83. The molecule has 0 unspecified atom stereocenters. The molecule has 0 aromatic heterocycles. The number of anilines is 2. The largest absolute Gasteiger partial charge is 0.280 e. The highest BCUT2D eigenvalue weighted by atomic mass is 79.9. The maximum Gasteiger partial charge on any atom is 0.228 e. The molecule has 1 amide bonds. The molecule has 100 valence electrons. The van der Waals surface area contributed by atoms with Crippen LogP contribution in [-0.2, 0) is 4.79 Å². The molecule has 0 N–H and O–H groups in total. The standard InChI is InChI=1S/C16H11Br2NO/c1-10(20)19-15-6-4-13(17)8-11(15)2-3-12-9-14(18)5-7-16(12)19/h2-9H,1H3. The molecule has 0 fully saturated rings. The van der Waals surface area contributed by atoms with Crippen molar-refractivity contribution >= 4 is 61.3 Å². The average Bonchev–Trinajstić information content (AvgIpc) is 2.55. The van der Waals surface area contributed by atoms with Crippen LogP contribution in [0.15, 0.2) is 45.3 Å². The molecule has 3 rings (SSSR count). The zero-order valence-electron chi connectivity index (χ0n) is 10.7. The molecule has 2 nitrogen and oxygen atoms in total. The molecule has 0 bridgehead atoms.